The second-order valence-electron chi connectivity index (χ2n) is 4.41. The fraction of sp³-hybridized carbons (Fsp3) is 0.727. The molecular formula is C11H16N2O5. The van der Waals surface area contributed by atoms with Crippen LogP contribution in [0.15, 0.2) is 0 Å². The predicted molar refractivity (Wildman–Crippen MR) is 59.6 cm³/mol. The minimum absolute atomic E-state index is 0.173. The van der Waals surface area contributed by atoms with Gasteiger partial charge in [-0.25, -0.2) is 9.59 Å². The van der Waals surface area contributed by atoms with Gasteiger partial charge < -0.3 is 14.8 Å². The van der Waals surface area contributed by atoms with E-state index >= 15 is 0 Å². The van der Waals surface area contributed by atoms with E-state index in [0.717, 1.165) is 19.3 Å². The molecule has 0 spiro atoms. The average molecular weight is 256 g/mol. The van der Waals surface area contributed by atoms with Gasteiger partial charge >= 0.3 is 12.0 Å². The molecule has 1 aliphatic carbocycles. The molecule has 7 nitrogen and oxygen atoms in total. The Morgan fingerprint density at radius 1 is 1.22 bits per heavy atom. The Bertz CT molecular complexity index is 347. The van der Waals surface area contributed by atoms with Crippen LogP contribution in [0, 0.1) is 0 Å². The maximum absolute atomic E-state index is 11.4. The van der Waals surface area contributed by atoms with Gasteiger partial charge in [-0.05, 0) is 25.7 Å². The monoisotopic (exact) mass is 256 g/mol. The van der Waals surface area contributed by atoms with E-state index in [2.05, 4.69) is 10.6 Å². The zero-order chi connectivity index (χ0) is 13.0. The molecular weight excluding hydrogens is 240 g/mol. The van der Waals surface area contributed by atoms with Crippen LogP contribution in [0.3, 0.4) is 0 Å². The first kappa shape index (κ1) is 12.8. The van der Waals surface area contributed by atoms with Crippen molar-refractivity contribution >= 4 is 17.9 Å². The molecule has 1 atom stereocenters. The Hall–Kier alpha value is -1.63. The van der Waals surface area contributed by atoms with E-state index in [1.54, 1.807) is 0 Å². The first-order valence-corrected chi connectivity index (χ1v) is 6.04. The van der Waals surface area contributed by atoms with Gasteiger partial charge in [-0.2, -0.15) is 0 Å². The van der Waals surface area contributed by atoms with Gasteiger partial charge in [-0.15, -0.1) is 0 Å². The van der Waals surface area contributed by atoms with Crippen molar-refractivity contribution in [2.45, 2.75) is 37.8 Å². The fourth-order valence-corrected chi connectivity index (χ4v) is 1.61. The van der Waals surface area contributed by atoms with Gasteiger partial charge in [0.2, 0.25) is 0 Å². The molecule has 7 heteroatoms. The van der Waals surface area contributed by atoms with Gasteiger partial charge in [0.1, 0.15) is 0 Å². The predicted octanol–water partition coefficient (Wildman–Crippen LogP) is -0.303. The number of ether oxygens (including phenoxy) is 2. The van der Waals surface area contributed by atoms with Crippen molar-refractivity contribution < 1.29 is 23.9 Å². The Morgan fingerprint density at radius 3 is 2.61 bits per heavy atom. The molecule has 2 aliphatic rings. The van der Waals surface area contributed by atoms with Gasteiger partial charge in [0.15, 0.2) is 12.7 Å². The molecule has 0 unspecified atom stereocenters. The molecule has 1 saturated carbocycles. The molecule has 0 radical (unpaired) electrons. The molecule has 2 fully saturated rings. The summed E-state index contributed by atoms with van der Waals surface area (Å²) >= 11 is 0. The molecule has 2 rings (SSSR count). The Kier molecular flexibility index (Phi) is 4.14. The molecule has 3 amide bonds. The Balaban J connectivity index is 1.61. The standard InChI is InChI=1S/C11H16N2O5/c14-9(13-11(16)12-7-3-4-7)6-18-10(15)8-2-1-5-17-8/h7-8H,1-6H2,(H2,12,13,14,16)/t8-/m1/s1. The minimum atomic E-state index is -0.639. The van der Waals surface area contributed by atoms with Crippen LogP contribution >= 0.6 is 0 Å². The lowest BCUT2D eigenvalue weighted by atomic mass is 10.2. The maximum atomic E-state index is 11.4. The van der Waals surface area contributed by atoms with Crippen LogP contribution in [0.25, 0.3) is 0 Å². The number of hydrogen-bond donors (Lipinski definition) is 2. The summed E-state index contributed by atoms with van der Waals surface area (Å²) in [5.41, 5.74) is 0. The molecule has 1 heterocycles. The zero-order valence-electron chi connectivity index (χ0n) is 9.94. The molecule has 1 saturated heterocycles. The van der Waals surface area contributed by atoms with Crippen LogP contribution in [-0.4, -0.2) is 43.3 Å². The van der Waals surface area contributed by atoms with Crippen molar-refractivity contribution in [3.05, 3.63) is 0 Å². The summed E-state index contributed by atoms with van der Waals surface area (Å²) < 4.78 is 9.86. The van der Waals surface area contributed by atoms with Crippen LogP contribution in [0.4, 0.5) is 4.79 Å². The van der Waals surface area contributed by atoms with Gasteiger partial charge in [0.05, 0.1) is 0 Å². The second kappa shape index (κ2) is 5.81. The summed E-state index contributed by atoms with van der Waals surface area (Å²) in [4.78, 5) is 33.9. The lowest BCUT2D eigenvalue weighted by Crippen LogP contribution is -2.42. The SMILES string of the molecule is O=C(COC(=O)[C@H]1CCCO1)NC(=O)NC1CC1. The first-order chi connectivity index (χ1) is 8.65. The van der Waals surface area contributed by atoms with Gasteiger partial charge in [0.25, 0.3) is 5.91 Å². The summed E-state index contributed by atoms with van der Waals surface area (Å²) in [6.07, 6.45) is 2.74. The highest BCUT2D eigenvalue weighted by molar-refractivity contribution is 5.95. The highest BCUT2D eigenvalue weighted by atomic mass is 16.6. The van der Waals surface area contributed by atoms with Crippen LogP contribution in [0.1, 0.15) is 25.7 Å². The zero-order valence-corrected chi connectivity index (χ0v) is 9.94. The second-order valence-corrected chi connectivity index (χ2v) is 4.41. The number of amides is 3. The summed E-state index contributed by atoms with van der Waals surface area (Å²) in [5.74, 6) is -1.19. The molecule has 18 heavy (non-hydrogen) atoms. The molecule has 1 aliphatic heterocycles. The third-order valence-electron chi connectivity index (χ3n) is 2.70. The lowest BCUT2D eigenvalue weighted by Gasteiger charge is -2.09. The number of nitrogens with one attached hydrogen (secondary N) is 2. The summed E-state index contributed by atoms with van der Waals surface area (Å²) in [7, 11) is 0. The number of esters is 1. The summed E-state index contributed by atoms with van der Waals surface area (Å²) in [6, 6.07) is -0.372. The maximum Gasteiger partial charge on any atom is 0.335 e. The fourth-order valence-electron chi connectivity index (χ4n) is 1.61. The lowest BCUT2D eigenvalue weighted by molar-refractivity contribution is -0.157. The highest BCUT2D eigenvalue weighted by Gasteiger charge is 2.26. The third kappa shape index (κ3) is 3.99. The normalized spacial score (nSPS) is 22.3. The van der Waals surface area contributed by atoms with Crippen molar-refractivity contribution in [1.29, 1.82) is 0 Å². The smallest absolute Gasteiger partial charge is 0.335 e. The van der Waals surface area contributed by atoms with Gasteiger partial charge in [-0.3, -0.25) is 10.1 Å². The third-order valence-corrected chi connectivity index (χ3v) is 2.70. The van der Waals surface area contributed by atoms with Crippen molar-refractivity contribution in [2.75, 3.05) is 13.2 Å². The van der Waals surface area contributed by atoms with Crippen LogP contribution in [0.5, 0.6) is 0 Å². The molecule has 100 valence electrons. The number of carbonyl (C=O) groups excluding carboxylic acids is 3. The molecule has 0 aromatic heterocycles. The van der Waals surface area contributed by atoms with E-state index in [-0.39, 0.29) is 6.04 Å². The highest BCUT2D eigenvalue weighted by Crippen LogP contribution is 2.18. The van der Waals surface area contributed by atoms with Crippen molar-refractivity contribution in [1.82, 2.24) is 10.6 Å². The van der Waals surface area contributed by atoms with Crippen LogP contribution in [0.2, 0.25) is 0 Å². The Labute approximate surface area is 104 Å². The van der Waals surface area contributed by atoms with E-state index < -0.39 is 30.6 Å². The van der Waals surface area contributed by atoms with Crippen LogP contribution in [-0.2, 0) is 19.1 Å². The van der Waals surface area contributed by atoms with E-state index in [4.69, 9.17) is 9.47 Å². The van der Waals surface area contributed by atoms with Gasteiger partial charge in [-0.1, -0.05) is 0 Å². The van der Waals surface area contributed by atoms with E-state index in [9.17, 15) is 14.4 Å². The van der Waals surface area contributed by atoms with E-state index in [0.29, 0.717) is 13.0 Å². The van der Waals surface area contributed by atoms with E-state index in [1.165, 1.54) is 0 Å². The van der Waals surface area contributed by atoms with Crippen molar-refractivity contribution in [3.8, 4) is 0 Å². The van der Waals surface area contributed by atoms with Crippen LogP contribution < -0.4 is 10.6 Å². The molecule has 2 N–H and O–H groups in total. The quantitative estimate of drug-likeness (QED) is 0.673. The number of hydrogen-bond acceptors (Lipinski definition) is 5. The largest absolute Gasteiger partial charge is 0.454 e. The summed E-state index contributed by atoms with van der Waals surface area (Å²) in [6.45, 7) is 0.0759. The van der Waals surface area contributed by atoms with E-state index in [1.807, 2.05) is 0 Å². The number of rotatable bonds is 4. The molecule has 0 aromatic carbocycles. The van der Waals surface area contributed by atoms with Crippen molar-refractivity contribution in [3.63, 3.8) is 0 Å². The minimum Gasteiger partial charge on any atom is -0.454 e. The average Bonchev–Trinajstić information content (AvgIpc) is 2.97. The number of imide groups is 1. The Morgan fingerprint density at radius 2 is 2.00 bits per heavy atom. The molecule has 0 aromatic rings. The molecule has 0 bridgehead atoms. The number of carbonyl (C=O) groups is 3. The first-order valence-electron chi connectivity index (χ1n) is 6.04. The van der Waals surface area contributed by atoms with Crippen molar-refractivity contribution in [2.24, 2.45) is 0 Å². The summed E-state index contributed by atoms with van der Waals surface area (Å²) in [5, 5.41) is 4.68. The number of urea groups is 1. The van der Waals surface area contributed by atoms with Gasteiger partial charge in [0, 0.05) is 12.6 Å². The topological polar surface area (TPSA) is 93.7 Å².